The molecular weight excluding hydrogens is 456 g/mol. The molecule has 0 spiro atoms. The molecule has 186 valence electrons. The van der Waals surface area contributed by atoms with Crippen LogP contribution >= 0.6 is 0 Å². The van der Waals surface area contributed by atoms with Crippen molar-refractivity contribution in [3.05, 3.63) is 71.4 Å². The molecule has 3 aromatic rings. The molecule has 0 radical (unpaired) electrons. The Morgan fingerprint density at radius 3 is 2.75 bits per heavy atom. The third kappa shape index (κ3) is 6.00. The lowest BCUT2D eigenvalue weighted by Crippen LogP contribution is -2.60. The van der Waals surface area contributed by atoms with Crippen LogP contribution in [0.2, 0.25) is 0 Å². The molecule has 8 heteroatoms. The first-order chi connectivity index (χ1) is 17.4. The summed E-state index contributed by atoms with van der Waals surface area (Å²) in [7, 11) is 0. The number of hydrogen-bond acceptors (Lipinski definition) is 6. The van der Waals surface area contributed by atoms with Gasteiger partial charge in [-0.05, 0) is 62.7 Å². The standard InChI is InChI=1S/C28H30N4O4/c1-3-14-32-15-6-13-28(19-32,17-26(33)31-35)30-27(34)21-9-11-23(12-10-21)36-18-22-16-20(2)29-25-8-5-4-7-24(22)25/h1,4-5,7-12,16,35H,6,13-15,17-19H2,2H3,(H,30,34)(H,31,33). The Morgan fingerprint density at radius 2 is 2.00 bits per heavy atom. The molecule has 0 aliphatic carbocycles. The van der Waals surface area contributed by atoms with E-state index in [1.165, 1.54) is 0 Å². The van der Waals surface area contributed by atoms with Gasteiger partial charge in [-0.25, -0.2) is 5.48 Å². The van der Waals surface area contributed by atoms with Crippen molar-refractivity contribution in [2.75, 3.05) is 19.6 Å². The first kappa shape index (κ1) is 25.2. The number of fused-ring (bicyclic) bond motifs is 1. The van der Waals surface area contributed by atoms with Crippen LogP contribution in [-0.4, -0.2) is 52.1 Å². The van der Waals surface area contributed by atoms with Gasteiger partial charge in [-0.2, -0.15) is 0 Å². The summed E-state index contributed by atoms with van der Waals surface area (Å²) in [6, 6.07) is 16.9. The highest BCUT2D eigenvalue weighted by Gasteiger charge is 2.38. The molecule has 1 unspecified atom stereocenters. The van der Waals surface area contributed by atoms with Crippen LogP contribution < -0.4 is 15.5 Å². The molecule has 1 saturated heterocycles. The number of aryl methyl sites for hydroxylation is 1. The first-order valence-corrected chi connectivity index (χ1v) is 11.9. The maximum Gasteiger partial charge on any atom is 0.251 e. The highest BCUT2D eigenvalue weighted by atomic mass is 16.5. The first-order valence-electron chi connectivity index (χ1n) is 11.9. The second kappa shape index (κ2) is 11.2. The minimum absolute atomic E-state index is 0.0448. The predicted octanol–water partition coefficient (Wildman–Crippen LogP) is 3.22. The van der Waals surface area contributed by atoms with Gasteiger partial charge in [0.25, 0.3) is 5.91 Å². The zero-order chi connectivity index (χ0) is 25.5. The number of para-hydroxylation sites is 1. The van der Waals surface area contributed by atoms with Crippen molar-refractivity contribution in [1.29, 1.82) is 0 Å². The molecule has 0 saturated carbocycles. The van der Waals surface area contributed by atoms with Crippen LogP contribution in [0.4, 0.5) is 0 Å². The van der Waals surface area contributed by atoms with Gasteiger partial charge in [-0.15, -0.1) is 6.42 Å². The van der Waals surface area contributed by atoms with E-state index in [1.807, 2.05) is 42.2 Å². The van der Waals surface area contributed by atoms with Crippen LogP contribution in [0, 0.1) is 19.3 Å². The summed E-state index contributed by atoms with van der Waals surface area (Å²) in [6.07, 6.45) is 6.80. The Kier molecular flexibility index (Phi) is 7.84. The van der Waals surface area contributed by atoms with E-state index in [1.54, 1.807) is 29.7 Å². The van der Waals surface area contributed by atoms with E-state index in [2.05, 4.69) is 16.2 Å². The van der Waals surface area contributed by atoms with E-state index in [-0.39, 0.29) is 12.3 Å². The lowest BCUT2D eigenvalue weighted by atomic mass is 9.85. The summed E-state index contributed by atoms with van der Waals surface area (Å²) < 4.78 is 6.00. The zero-order valence-corrected chi connectivity index (χ0v) is 20.3. The number of hydrogen-bond donors (Lipinski definition) is 3. The number of rotatable bonds is 8. The molecular formula is C28H30N4O4. The summed E-state index contributed by atoms with van der Waals surface area (Å²) in [5.74, 6) is 2.40. The van der Waals surface area contributed by atoms with Crippen molar-refractivity contribution >= 4 is 22.7 Å². The highest BCUT2D eigenvalue weighted by Crippen LogP contribution is 2.26. The fourth-order valence-electron chi connectivity index (χ4n) is 4.82. The minimum Gasteiger partial charge on any atom is -0.489 e. The Morgan fingerprint density at radius 1 is 1.22 bits per heavy atom. The average molecular weight is 487 g/mol. The van der Waals surface area contributed by atoms with Crippen LogP contribution in [0.15, 0.2) is 54.6 Å². The summed E-state index contributed by atoms with van der Waals surface area (Å²) in [5.41, 5.74) is 4.19. The number of likely N-dealkylation sites (tertiary alicyclic amines) is 1. The van der Waals surface area contributed by atoms with Gasteiger partial charge in [0, 0.05) is 28.8 Å². The summed E-state index contributed by atoms with van der Waals surface area (Å²) in [4.78, 5) is 31.7. The minimum atomic E-state index is -0.825. The number of hydroxylamine groups is 1. The van der Waals surface area contributed by atoms with Crippen LogP contribution in [0.3, 0.4) is 0 Å². The van der Waals surface area contributed by atoms with E-state index < -0.39 is 11.4 Å². The molecule has 1 fully saturated rings. The largest absolute Gasteiger partial charge is 0.489 e. The lowest BCUT2D eigenvalue weighted by molar-refractivity contribution is -0.131. The topological polar surface area (TPSA) is 104 Å². The van der Waals surface area contributed by atoms with Gasteiger partial charge in [-0.3, -0.25) is 24.7 Å². The molecule has 1 aliphatic heterocycles. The van der Waals surface area contributed by atoms with E-state index >= 15 is 0 Å². The van der Waals surface area contributed by atoms with Crippen molar-refractivity contribution in [2.45, 2.75) is 38.3 Å². The second-order valence-electron chi connectivity index (χ2n) is 9.22. The third-order valence-corrected chi connectivity index (χ3v) is 6.41. The van der Waals surface area contributed by atoms with Gasteiger partial charge in [0.1, 0.15) is 12.4 Å². The molecule has 2 amide bonds. The fraction of sp³-hybridized carbons (Fsp3) is 0.321. The number of nitrogens with one attached hydrogen (secondary N) is 2. The third-order valence-electron chi connectivity index (χ3n) is 6.41. The number of carbonyl (C=O) groups is 2. The monoisotopic (exact) mass is 486 g/mol. The molecule has 2 heterocycles. The van der Waals surface area contributed by atoms with E-state index in [4.69, 9.17) is 16.4 Å². The number of aromatic nitrogens is 1. The van der Waals surface area contributed by atoms with Gasteiger partial charge in [0.2, 0.25) is 5.91 Å². The highest BCUT2D eigenvalue weighted by molar-refractivity contribution is 5.95. The number of nitrogens with zero attached hydrogens (tertiary/aromatic N) is 2. The van der Waals surface area contributed by atoms with E-state index in [0.29, 0.717) is 37.4 Å². The van der Waals surface area contributed by atoms with Crippen molar-refractivity contribution in [2.24, 2.45) is 0 Å². The van der Waals surface area contributed by atoms with Crippen molar-refractivity contribution in [3.8, 4) is 18.1 Å². The Hall–Kier alpha value is -3.93. The molecule has 1 aliphatic rings. The molecule has 0 bridgehead atoms. The molecule has 1 atom stereocenters. The van der Waals surface area contributed by atoms with Gasteiger partial charge in [0.15, 0.2) is 0 Å². The van der Waals surface area contributed by atoms with Crippen LogP contribution in [0.25, 0.3) is 10.9 Å². The van der Waals surface area contributed by atoms with Gasteiger partial charge >= 0.3 is 0 Å². The summed E-state index contributed by atoms with van der Waals surface area (Å²) in [5, 5.41) is 13.1. The molecule has 2 aromatic carbocycles. The van der Waals surface area contributed by atoms with Gasteiger partial charge in [-0.1, -0.05) is 24.1 Å². The van der Waals surface area contributed by atoms with Crippen LogP contribution in [0.5, 0.6) is 5.75 Å². The van der Waals surface area contributed by atoms with E-state index in [9.17, 15) is 9.59 Å². The van der Waals surface area contributed by atoms with Crippen LogP contribution in [0.1, 0.15) is 40.9 Å². The summed E-state index contributed by atoms with van der Waals surface area (Å²) in [6.45, 7) is 3.98. The smallest absolute Gasteiger partial charge is 0.251 e. The Bertz CT molecular complexity index is 1280. The number of benzene rings is 2. The molecule has 8 nitrogen and oxygen atoms in total. The zero-order valence-electron chi connectivity index (χ0n) is 20.3. The number of ether oxygens (including phenoxy) is 1. The maximum atomic E-state index is 13.1. The average Bonchev–Trinajstić information content (AvgIpc) is 2.87. The lowest BCUT2D eigenvalue weighted by Gasteiger charge is -2.42. The maximum absolute atomic E-state index is 13.1. The number of pyridine rings is 1. The SMILES string of the molecule is C#CCN1CCCC(CC(=O)NO)(NC(=O)c2ccc(OCc3cc(C)nc4ccccc34)cc2)C1. The summed E-state index contributed by atoms with van der Waals surface area (Å²) >= 11 is 0. The predicted molar refractivity (Wildman–Crippen MR) is 137 cm³/mol. The van der Waals surface area contributed by atoms with Gasteiger partial charge in [0.05, 0.1) is 24.0 Å². The van der Waals surface area contributed by atoms with Crippen molar-refractivity contribution in [1.82, 2.24) is 20.7 Å². The van der Waals surface area contributed by atoms with Gasteiger partial charge < -0.3 is 10.1 Å². The number of carbonyl (C=O) groups excluding carboxylic acids is 2. The molecule has 4 rings (SSSR count). The molecule has 3 N–H and O–H groups in total. The fourth-order valence-corrected chi connectivity index (χ4v) is 4.82. The second-order valence-corrected chi connectivity index (χ2v) is 9.22. The molecule has 1 aromatic heterocycles. The van der Waals surface area contributed by atoms with Crippen LogP contribution in [-0.2, 0) is 11.4 Å². The Balaban J connectivity index is 1.44. The van der Waals surface area contributed by atoms with E-state index in [0.717, 1.165) is 35.1 Å². The number of piperidine rings is 1. The quantitative estimate of drug-likeness (QED) is 0.257. The van der Waals surface area contributed by atoms with Crippen molar-refractivity contribution < 1.29 is 19.5 Å². The Labute approximate surface area is 210 Å². The number of amides is 2. The number of terminal acetylenes is 1. The van der Waals surface area contributed by atoms with Crippen molar-refractivity contribution in [3.63, 3.8) is 0 Å². The normalized spacial score (nSPS) is 17.8. The molecule has 36 heavy (non-hydrogen) atoms.